The second kappa shape index (κ2) is 11.8. The Labute approximate surface area is 216 Å². The van der Waals surface area contributed by atoms with Gasteiger partial charge in [0.05, 0.1) is 25.1 Å². The normalized spacial score (nSPS) is 23.3. The van der Waals surface area contributed by atoms with Crippen LogP contribution in [-0.2, 0) is 24.1 Å². The lowest BCUT2D eigenvalue weighted by atomic mass is 9.76. The number of carbonyl (C=O) groups is 1. The number of halogens is 4. The van der Waals surface area contributed by atoms with E-state index in [0.29, 0.717) is 50.3 Å². The molecule has 0 radical (unpaired) electrons. The van der Waals surface area contributed by atoms with Gasteiger partial charge in [-0.15, -0.1) is 21.5 Å². The number of Topliss-reactive ketones (excluding diaryl/α,β-unsaturated/α-hetero) is 1. The van der Waals surface area contributed by atoms with Crippen LogP contribution in [0.4, 0.5) is 17.6 Å². The molecule has 0 spiro atoms. The maximum atomic E-state index is 15.5. The molecular formula is C24H32F4N4O2S2. The Kier molecular flexibility index (Phi) is 8.98. The Hall–Kier alpha value is -1.66. The number of ketones is 1. The van der Waals surface area contributed by atoms with Gasteiger partial charge < -0.3 is 9.64 Å². The van der Waals surface area contributed by atoms with E-state index < -0.39 is 24.9 Å². The highest BCUT2D eigenvalue weighted by Crippen LogP contribution is 2.39. The molecule has 12 heteroatoms. The monoisotopic (exact) mass is 548 g/mol. The minimum Gasteiger partial charge on any atom is -0.470 e. The second-order valence-electron chi connectivity index (χ2n) is 9.88. The zero-order valence-corrected chi connectivity index (χ0v) is 22.0. The maximum absolute atomic E-state index is 15.5. The van der Waals surface area contributed by atoms with Crippen molar-refractivity contribution in [1.29, 1.82) is 0 Å². The van der Waals surface area contributed by atoms with Crippen molar-refractivity contribution in [3.63, 3.8) is 0 Å². The van der Waals surface area contributed by atoms with Gasteiger partial charge in [-0.25, -0.2) is 9.37 Å². The zero-order valence-electron chi connectivity index (χ0n) is 20.4. The quantitative estimate of drug-likeness (QED) is 0.364. The van der Waals surface area contributed by atoms with Crippen LogP contribution in [0.1, 0.15) is 65.5 Å². The molecule has 0 atom stereocenters. The lowest BCUT2D eigenvalue weighted by Gasteiger charge is -2.35. The van der Waals surface area contributed by atoms with Gasteiger partial charge in [0.2, 0.25) is 0 Å². The average molecular weight is 549 g/mol. The van der Waals surface area contributed by atoms with Crippen LogP contribution >= 0.6 is 22.7 Å². The van der Waals surface area contributed by atoms with Crippen LogP contribution in [0, 0.1) is 12.8 Å². The van der Waals surface area contributed by atoms with Gasteiger partial charge in [-0.05, 0) is 51.4 Å². The topological polar surface area (TPSA) is 68.2 Å². The van der Waals surface area contributed by atoms with E-state index in [-0.39, 0.29) is 11.7 Å². The van der Waals surface area contributed by atoms with Gasteiger partial charge >= 0.3 is 6.18 Å². The summed E-state index contributed by atoms with van der Waals surface area (Å²) in [5.74, 6) is 0.394. The van der Waals surface area contributed by atoms with Crippen molar-refractivity contribution in [3.8, 4) is 5.19 Å². The van der Waals surface area contributed by atoms with E-state index in [4.69, 9.17) is 4.74 Å². The van der Waals surface area contributed by atoms with Gasteiger partial charge in [0.1, 0.15) is 21.5 Å². The lowest BCUT2D eigenvalue weighted by molar-refractivity contribution is -0.139. The maximum Gasteiger partial charge on any atom is 0.392 e. The Morgan fingerprint density at radius 1 is 1.17 bits per heavy atom. The minimum absolute atomic E-state index is 0.155. The highest BCUT2D eigenvalue weighted by atomic mass is 32.1. The molecule has 200 valence electrons. The fourth-order valence-electron chi connectivity index (χ4n) is 4.90. The van der Waals surface area contributed by atoms with Crippen molar-refractivity contribution in [3.05, 3.63) is 20.6 Å². The van der Waals surface area contributed by atoms with Gasteiger partial charge in [0, 0.05) is 37.4 Å². The number of fused-ring (bicyclic) bond motifs is 1. The van der Waals surface area contributed by atoms with Crippen molar-refractivity contribution >= 4 is 28.5 Å². The number of carbonyl (C=O) groups excluding carboxylic acids is 1. The van der Waals surface area contributed by atoms with Gasteiger partial charge in [-0.2, -0.15) is 13.2 Å². The molecule has 1 aliphatic heterocycles. The summed E-state index contributed by atoms with van der Waals surface area (Å²) in [6.45, 7) is 3.64. The first-order valence-electron chi connectivity index (χ1n) is 12.5. The molecule has 2 aliphatic rings. The van der Waals surface area contributed by atoms with Crippen LogP contribution < -0.4 is 4.74 Å². The summed E-state index contributed by atoms with van der Waals surface area (Å²) in [4.78, 5) is 20.1. The second-order valence-corrected chi connectivity index (χ2v) is 12.2. The molecule has 0 unspecified atom stereocenters. The molecule has 1 aliphatic carbocycles. The van der Waals surface area contributed by atoms with Crippen molar-refractivity contribution in [2.45, 2.75) is 83.0 Å². The third-order valence-corrected chi connectivity index (χ3v) is 8.91. The molecule has 0 bridgehead atoms. The van der Waals surface area contributed by atoms with E-state index in [1.807, 2.05) is 6.92 Å². The third-order valence-electron chi connectivity index (χ3n) is 7.00. The summed E-state index contributed by atoms with van der Waals surface area (Å²) in [6, 6.07) is 0. The molecule has 2 aromatic rings. The first kappa shape index (κ1) is 27.4. The van der Waals surface area contributed by atoms with E-state index in [0.717, 1.165) is 52.9 Å². The molecule has 36 heavy (non-hydrogen) atoms. The molecule has 1 saturated carbocycles. The van der Waals surface area contributed by atoms with Crippen molar-refractivity contribution in [1.82, 2.24) is 20.1 Å². The van der Waals surface area contributed by atoms with Crippen LogP contribution in [0.3, 0.4) is 0 Å². The van der Waals surface area contributed by atoms with Gasteiger partial charge in [-0.1, -0.05) is 11.3 Å². The molecule has 0 N–H and O–H groups in total. The molecule has 6 nitrogen and oxygen atoms in total. The zero-order chi connectivity index (χ0) is 25.8. The van der Waals surface area contributed by atoms with Crippen molar-refractivity contribution in [2.75, 3.05) is 26.2 Å². The van der Waals surface area contributed by atoms with Crippen LogP contribution in [0.15, 0.2) is 0 Å². The number of nitrogens with zero attached hydrogens (tertiary/aromatic N) is 4. The SMILES string of the molecule is Cc1nnc(CC(=O)CC2CCC(F)(CCN3CCc4nc(OCCC(F)(F)F)sc4CC3)CC2)s1. The number of alkyl halides is 4. The molecule has 3 heterocycles. The van der Waals surface area contributed by atoms with Crippen molar-refractivity contribution < 1.29 is 27.1 Å². The van der Waals surface area contributed by atoms with Crippen LogP contribution in [0.2, 0.25) is 0 Å². The Balaban J connectivity index is 1.16. The molecule has 4 rings (SSSR count). The fourth-order valence-corrected chi connectivity index (χ4v) is 6.61. The number of hydrogen-bond donors (Lipinski definition) is 0. The van der Waals surface area contributed by atoms with Gasteiger partial charge in [0.25, 0.3) is 5.19 Å². The first-order chi connectivity index (χ1) is 17.1. The molecule has 0 amide bonds. The van der Waals surface area contributed by atoms with E-state index in [1.54, 1.807) is 0 Å². The number of ether oxygens (including phenoxy) is 1. The predicted octanol–water partition coefficient (Wildman–Crippen LogP) is 5.53. The van der Waals surface area contributed by atoms with E-state index in [2.05, 4.69) is 20.1 Å². The highest BCUT2D eigenvalue weighted by Gasteiger charge is 2.36. The Morgan fingerprint density at radius 2 is 1.92 bits per heavy atom. The van der Waals surface area contributed by atoms with Crippen LogP contribution in [-0.4, -0.2) is 64.0 Å². The van der Waals surface area contributed by atoms with Crippen LogP contribution in [0.5, 0.6) is 5.19 Å². The summed E-state index contributed by atoms with van der Waals surface area (Å²) < 4.78 is 57.7. The Bertz CT molecular complexity index is 993. The number of thiazole rings is 1. The lowest BCUT2D eigenvalue weighted by Crippen LogP contribution is -2.36. The smallest absolute Gasteiger partial charge is 0.392 e. The number of hydrogen-bond acceptors (Lipinski definition) is 8. The molecule has 0 aromatic carbocycles. The van der Waals surface area contributed by atoms with Gasteiger partial charge in [0.15, 0.2) is 0 Å². The summed E-state index contributed by atoms with van der Waals surface area (Å²) in [6.07, 6.45) is -0.0727. The van der Waals surface area contributed by atoms with Crippen molar-refractivity contribution in [2.24, 2.45) is 5.92 Å². The van der Waals surface area contributed by atoms with E-state index in [1.165, 1.54) is 22.7 Å². The average Bonchev–Trinajstić information content (AvgIpc) is 3.34. The molecule has 2 aromatic heterocycles. The number of aromatic nitrogens is 3. The minimum atomic E-state index is -4.24. The Morgan fingerprint density at radius 3 is 2.61 bits per heavy atom. The third kappa shape index (κ3) is 8.17. The summed E-state index contributed by atoms with van der Waals surface area (Å²) >= 11 is 2.76. The highest BCUT2D eigenvalue weighted by molar-refractivity contribution is 7.13. The summed E-state index contributed by atoms with van der Waals surface area (Å²) in [7, 11) is 0. The van der Waals surface area contributed by atoms with E-state index in [9.17, 15) is 18.0 Å². The first-order valence-corrected chi connectivity index (χ1v) is 14.1. The summed E-state index contributed by atoms with van der Waals surface area (Å²) in [5, 5.41) is 9.87. The van der Waals surface area contributed by atoms with Gasteiger partial charge in [-0.3, -0.25) is 4.79 Å². The molecular weight excluding hydrogens is 516 g/mol. The standard InChI is InChI=1S/C24H32F4N4O2S2/c1-16-30-31-21(35-16)15-18(33)14-17-2-6-23(25,7-3-17)8-12-32-10-4-19-20(5-11-32)36-22(29-19)34-13-9-24(26,27)28/h17H,2-15H2,1H3. The largest absolute Gasteiger partial charge is 0.470 e. The molecule has 0 saturated heterocycles. The molecule has 1 fully saturated rings. The summed E-state index contributed by atoms with van der Waals surface area (Å²) in [5.41, 5.74) is -0.307. The van der Waals surface area contributed by atoms with Crippen LogP contribution in [0.25, 0.3) is 0 Å². The predicted molar refractivity (Wildman–Crippen MR) is 131 cm³/mol. The fraction of sp³-hybridized carbons (Fsp3) is 0.750. The van der Waals surface area contributed by atoms with E-state index >= 15 is 4.39 Å². The number of aryl methyl sites for hydroxylation is 1. The number of rotatable bonds is 10.